The van der Waals surface area contributed by atoms with Crippen molar-refractivity contribution < 1.29 is 10.2 Å². The Balaban J connectivity index is 2.39. The molecule has 20 heavy (non-hydrogen) atoms. The Morgan fingerprint density at radius 3 is 2.10 bits per heavy atom. The van der Waals surface area contributed by atoms with Gasteiger partial charge in [0.1, 0.15) is 0 Å². The van der Waals surface area contributed by atoms with Crippen LogP contribution in [0.2, 0.25) is 5.02 Å². The van der Waals surface area contributed by atoms with Crippen LogP contribution in [0, 0.1) is 0 Å². The fraction of sp³-hybridized carbons (Fsp3) is 0.250. The molecule has 2 aromatic carbocycles. The smallest absolute Gasteiger partial charge is 0.0553 e. The van der Waals surface area contributed by atoms with Crippen LogP contribution in [0.25, 0.3) is 0 Å². The van der Waals surface area contributed by atoms with E-state index in [-0.39, 0.29) is 13.2 Å². The van der Waals surface area contributed by atoms with E-state index in [9.17, 15) is 10.2 Å². The molecule has 0 aliphatic heterocycles. The van der Waals surface area contributed by atoms with E-state index in [1.165, 1.54) is 0 Å². The maximum absolute atomic E-state index is 9.84. The van der Waals surface area contributed by atoms with Crippen LogP contribution >= 0.6 is 27.5 Å². The van der Waals surface area contributed by atoms with Crippen LogP contribution in [0.15, 0.2) is 53.0 Å². The predicted octanol–water partition coefficient (Wildman–Crippen LogP) is 3.57. The summed E-state index contributed by atoms with van der Waals surface area (Å²) in [6, 6.07) is 15.1. The molecule has 0 saturated heterocycles. The van der Waals surface area contributed by atoms with Gasteiger partial charge in [-0.2, -0.15) is 0 Å². The zero-order valence-electron chi connectivity index (χ0n) is 10.9. The molecule has 0 radical (unpaired) electrons. The Bertz CT molecular complexity index is 565. The van der Waals surface area contributed by atoms with Gasteiger partial charge in [-0.25, -0.2) is 0 Å². The number of benzene rings is 2. The molecule has 0 aliphatic carbocycles. The SMILES string of the molecule is OCC(CO)(Cc1ccccc1Br)c1ccc(Cl)cc1. The summed E-state index contributed by atoms with van der Waals surface area (Å²) < 4.78 is 0.972. The number of halogens is 2. The average Bonchev–Trinajstić information content (AvgIpc) is 2.48. The van der Waals surface area contributed by atoms with Crippen LogP contribution in [0.3, 0.4) is 0 Å². The first-order valence-corrected chi connectivity index (χ1v) is 7.49. The molecule has 0 aromatic heterocycles. The number of aliphatic hydroxyl groups excluding tert-OH is 2. The standard InChI is InChI=1S/C16H16BrClO2/c17-15-4-2-1-3-12(15)9-16(10-19,11-20)13-5-7-14(18)8-6-13/h1-8,19-20H,9-11H2. The summed E-state index contributed by atoms with van der Waals surface area (Å²) in [6.07, 6.45) is 0.545. The van der Waals surface area contributed by atoms with Crippen molar-refractivity contribution in [3.05, 3.63) is 69.2 Å². The monoisotopic (exact) mass is 354 g/mol. The van der Waals surface area contributed by atoms with Gasteiger partial charge in [-0.15, -0.1) is 0 Å². The highest BCUT2D eigenvalue weighted by atomic mass is 79.9. The van der Waals surface area contributed by atoms with Gasteiger partial charge < -0.3 is 10.2 Å². The Morgan fingerprint density at radius 1 is 0.950 bits per heavy atom. The maximum atomic E-state index is 9.84. The molecule has 2 nitrogen and oxygen atoms in total. The van der Waals surface area contributed by atoms with E-state index in [1.807, 2.05) is 36.4 Å². The van der Waals surface area contributed by atoms with Crippen LogP contribution in [-0.2, 0) is 11.8 Å². The second kappa shape index (κ2) is 6.72. The molecule has 0 fully saturated rings. The Hall–Kier alpha value is -0.870. The summed E-state index contributed by atoms with van der Waals surface area (Å²) >= 11 is 9.41. The van der Waals surface area contributed by atoms with E-state index >= 15 is 0 Å². The zero-order chi connectivity index (χ0) is 14.6. The lowest BCUT2D eigenvalue weighted by atomic mass is 9.77. The fourth-order valence-electron chi connectivity index (χ4n) is 2.26. The minimum atomic E-state index is -0.714. The van der Waals surface area contributed by atoms with E-state index < -0.39 is 5.41 Å². The third-order valence-corrected chi connectivity index (χ3v) is 4.57. The molecule has 0 unspecified atom stereocenters. The van der Waals surface area contributed by atoms with Gasteiger partial charge in [0.25, 0.3) is 0 Å². The van der Waals surface area contributed by atoms with E-state index in [1.54, 1.807) is 12.1 Å². The molecule has 0 spiro atoms. The summed E-state index contributed by atoms with van der Waals surface area (Å²) in [7, 11) is 0. The molecule has 2 aromatic rings. The third-order valence-electron chi connectivity index (χ3n) is 3.55. The fourth-order valence-corrected chi connectivity index (χ4v) is 2.81. The summed E-state index contributed by atoms with van der Waals surface area (Å²) in [5, 5.41) is 20.3. The quantitative estimate of drug-likeness (QED) is 0.861. The maximum Gasteiger partial charge on any atom is 0.0553 e. The van der Waals surface area contributed by atoms with Crippen molar-refractivity contribution in [2.24, 2.45) is 0 Å². The molecule has 0 atom stereocenters. The lowest BCUT2D eigenvalue weighted by molar-refractivity contribution is 0.116. The van der Waals surface area contributed by atoms with Crippen LogP contribution in [0.5, 0.6) is 0 Å². The van der Waals surface area contributed by atoms with Crippen LogP contribution in [0.4, 0.5) is 0 Å². The highest BCUT2D eigenvalue weighted by molar-refractivity contribution is 9.10. The summed E-state index contributed by atoms with van der Waals surface area (Å²) in [6.45, 7) is -0.265. The van der Waals surface area contributed by atoms with Gasteiger partial charge in [0.2, 0.25) is 0 Å². The highest BCUT2D eigenvalue weighted by Crippen LogP contribution is 2.31. The number of aliphatic hydroxyl groups is 2. The van der Waals surface area contributed by atoms with Crippen molar-refractivity contribution in [1.29, 1.82) is 0 Å². The Morgan fingerprint density at radius 2 is 1.55 bits per heavy atom. The molecule has 0 amide bonds. The molecule has 0 bridgehead atoms. The number of rotatable bonds is 5. The Labute approximate surface area is 132 Å². The first kappa shape index (κ1) is 15.5. The predicted molar refractivity (Wildman–Crippen MR) is 85.1 cm³/mol. The van der Waals surface area contributed by atoms with Crippen molar-refractivity contribution >= 4 is 27.5 Å². The highest BCUT2D eigenvalue weighted by Gasteiger charge is 2.31. The molecule has 0 aliphatic rings. The number of hydrogen-bond donors (Lipinski definition) is 2. The normalized spacial score (nSPS) is 11.6. The van der Waals surface area contributed by atoms with Crippen molar-refractivity contribution in [2.45, 2.75) is 11.8 Å². The van der Waals surface area contributed by atoms with E-state index in [0.29, 0.717) is 11.4 Å². The van der Waals surface area contributed by atoms with Crippen LogP contribution in [-0.4, -0.2) is 23.4 Å². The lowest BCUT2D eigenvalue weighted by Crippen LogP contribution is -2.37. The number of hydrogen-bond acceptors (Lipinski definition) is 2. The summed E-state index contributed by atoms with van der Waals surface area (Å²) in [4.78, 5) is 0. The zero-order valence-corrected chi connectivity index (χ0v) is 13.2. The molecule has 0 heterocycles. The molecule has 0 saturated carbocycles. The van der Waals surface area contributed by atoms with Gasteiger partial charge in [-0.05, 0) is 35.7 Å². The minimum absolute atomic E-state index is 0.132. The van der Waals surface area contributed by atoms with Crippen molar-refractivity contribution in [3.8, 4) is 0 Å². The van der Waals surface area contributed by atoms with Gasteiger partial charge in [0.15, 0.2) is 0 Å². The minimum Gasteiger partial charge on any atom is -0.395 e. The molecule has 2 N–H and O–H groups in total. The molecule has 2 rings (SSSR count). The lowest BCUT2D eigenvalue weighted by Gasteiger charge is -2.31. The molecule has 4 heteroatoms. The summed E-state index contributed by atoms with van der Waals surface area (Å²) in [5.74, 6) is 0. The molecular weight excluding hydrogens is 340 g/mol. The molecular formula is C16H16BrClO2. The largest absolute Gasteiger partial charge is 0.395 e. The third kappa shape index (κ3) is 3.23. The second-order valence-corrected chi connectivity index (χ2v) is 6.16. The van der Waals surface area contributed by atoms with Gasteiger partial charge >= 0.3 is 0 Å². The van der Waals surface area contributed by atoms with Gasteiger partial charge in [-0.1, -0.05) is 57.9 Å². The molecule has 106 valence electrons. The second-order valence-electron chi connectivity index (χ2n) is 4.87. The van der Waals surface area contributed by atoms with E-state index in [4.69, 9.17) is 11.6 Å². The van der Waals surface area contributed by atoms with Crippen molar-refractivity contribution in [1.82, 2.24) is 0 Å². The average molecular weight is 356 g/mol. The first-order valence-electron chi connectivity index (χ1n) is 6.32. The van der Waals surface area contributed by atoms with Gasteiger partial charge in [0.05, 0.1) is 13.2 Å². The van der Waals surface area contributed by atoms with Crippen LogP contribution in [0.1, 0.15) is 11.1 Å². The first-order chi connectivity index (χ1) is 9.61. The van der Waals surface area contributed by atoms with Crippen molar-refractivity contribution in [3.63, 3.8) is 0 Å². The van der Waals surface area contributed by atoms with E-state index in [0.717, 1.165) is 15.6 Å². The Kier molecular flexibility index (Phi) is 5.22. The van der Waals surface area contributed by atoms with Gasteiger partial charge in [-0.3, -0.25) is 0 Å². The van der Waals surface area contributed by atoms with Crippen molar-refractivity contribution in [2.75, 3.05) is 13.2 Å². The van der Waals surface area contributed by atoms with Crippen LogP contribution < -0.4 is 0 Å². The summed E-state index contributed by atoms with van der Waals surface area (Å²) in [5.41, 5.74) is 1.21. The van der Waals surface area contributed by atoms with Gasteiger partial charge in [0, 0.05) is 14.9 Å². The van der Waals surface area contributed by atoms with E-state index in [2.05, 4.69) is 15.9 Å². The topological polar surface area (TPSA) is 40.5 Å².